The van der Waals surface area contributed by atoms with Gasteiger partial charge in [-0.1, -0.05) is 6.92 Å². The number of carbonyl (C=O) groups is 1. The summed E-state index contributed by atoms with van der Waals surface area (Å²) in [4.78, 5) is 24.0. The molecule has 3 rings (SSSR count). The maximum Gasteiger partial charge on any atom is 0.405 e. The summed E-state index contributed by atoms with van der Waals surface area (Å²) in [6, 6.07) is 9.28. The molecule has 10 heteroatoms. The average molecular weight is 467 g/mol. The van der Waals surface area contributed by atoms with Crippen LogP contribution in [0, 0.1) is 24.2 Å². The normalized spacial score (nSPS) is 12.0. The third-order valence-corrected chi connectivity index (χ3v) is 5.59. The Kier molecular flexibility index (Phi) is 7.45. The van der Waals surface area contributed by atoms with Gasteiger partial charge in [0, 0.05) is 22.7 Å². The van der Waals surface area contributed by atoms with Crippen LogP contribution in [0.25, 0.3) is 11.3 Å². The molecule has 9 nitrogen and oxygen atoms in total. The van der Waals surface area contributed by atoms with Gasteiger partial charge in [0.15, 0.2) is 5.13 Å². The zero-order chi connectivity index (χ0) is 24.0. The van der Waals surface area contributed by atoms with Crippen molar-refractivity contribution < 1.29 is 14.6 Å². The van der Waals surface area contributed by atoms with E-state index in [0.717, 1.165) is 11.3 Å². The van der Waals surface area contributed by atoms with Crippen LogP contribution in [0.1, 0.15) is 38.4 Å². The number of anilines is 2. The molecule has 0 spiro atoms. The number of aryl methyl sites for hydroxylation is 1. The molecule has 0 saturated heterocycles. The van der Waals surface area contributed by atoms with Gasteiger partial charge in [-0.2, -0.15) is 5.26 Å². The van der Waals surface area contributed by atoms with Gasteiger partial charge in [0.25, 0.3) is 0 Å². The highest BCUT2D eigenvalue weighted by atomic mass is 32.1. The number of hydrogen-bond acceptors (Lipinski definition) is 8. The number of ether oxygens (including phenoxy) is 1. The van der Waals surface area contributed by atoms with Crippen LogP contribution in [-0.2, 0) is 0 Å². The molecule has 1 atom stereocenters. The molecule has 0 saturated carbocycles. The second kappa shape index (κ2) is 10.3. The first kappa shape index (κ1) is 23.9. The van der Waals surface area contributed by atoms with Crippen molar-refractivity contribution in [3.8, 4) is 23.1 Å². The minimum absolute atomic E-state index is 0.0723. The highest BCUT2D eigenvalue weighted by Crippen LogP contribution is 2.27. The smallest absolute Gasteiger partial charge is 0.405 e. The summed E-state index contributed by atoms with van der Waals surface area (Å²) in [5, 5.41) is 26.8. The minimum atomic E-state index is -1.06. The van der Waals surface area contributed by atoms with Crippen molar-refractivity contribution in [1.29, 1.82) is 5.26 Å². The summed E-state index contributed by atoms with van der Waals surface area (Å²) in [7, 11) is 0. The van der Waals surface area contributed by atoms with Crippen molar-refractivity contribution in [3.63, 3.8) is 0 Å². The summed E-state index contributed by atoms with van der Waals surface area (Å²) in [6.45, 7) is 7.90. The summed E-state index contributed by atoms with van der Waals surface area (Å²) in [5.74, 6) is 0.970. The third kappa shape index (κ3) is 6.89. The first-order valence-electron chi connectivity index (χ1n) is 10.4. The highest BCUT2D eigenvalue weighted by Gasteiger charge is 2.23. The molecule has 172 valence electrons. The van der Waals surface area contributed by atoms with E-state index in [9.17, 15) is 10.1 Å². The van der Waals surface area contributed by atoms with E-state index in [2.05, 4.69) is 31.7 Å². The molecule has 0 bridgehead atoms. The quantitative estimate of drug-likeness (QED) is 0.402. The number of carboxylic acid groups (broad SMARTS) is 1. The van der Waals surface area contributed by atoms with Crippen LogP contribution >= 0.6 is 11.3 Å². The largest absolute Gasteiger partial charge is 0.492 e. The van der Waals surface area contributed by atoms with Crippen molar-refractivity contribution in [2.24, 2.45) is 5.92 Å². The Morgan fingerprint density at radius 2 is 2.12 bits per heavy atom. The lowest BCUT2D eigenvalue weighted by Gasteiger charge is -2.28. The van der Waals surface area contributed by atoms with Gasteiger partial charge >= 0.3 is 6.09 Å². The van der Waals surface area contributed by atoms with E-state index in [0.29, 0.717) is 41.1 Å². The Hall–Kier alpha value is -3.71. The van der Waals surface area contributed by atoms with E-state index in [4.69, 9.17) is 9.84 Å². The number of hydrogen-bond donors (Lipinski definition) is 3. The fourth-order valence-corrected chi connectivity index (χ4v) is 4.17. The second-order valence-corrected chi connectivity index (χ2v) is 9.30. The predicted octanol–water partition coefficient (Wildman–Crippen LogP) is 4.98. The molecular weight excluding hydrogens is 440 g/mol. The highest BCUT2D eigenvalue weighted by molar-refractivity contribution is 7.13. The standard InChI is InChI=1S/C23H26N6O3S/c1-14(10-23(3,4)29-22(30)31)12-32-19-6-5-16(9-17(19)11-24)18-7-8-25-20(27-18)28-21-26-15(2)13-33-21/h5-9,13-14,29H,10,12H2,1-4H3,(H,30,31)(H,25,26,27,28)/t14-/m0/s1. The van der Waals surface area contributed by atoms with Crippen LogP contribution in [0.5, 0.6) is 5.75 Å². The number of aromatic nitrogens is 3. The molecule has 2 heterocycles. The average Bonchev–Trinajstić information content (AvgIpc) is 3.15. The van der Waals surface area contributed by atoms with Crippen molar-refractivity contribution in [3.05, 3.63) is 47.1 Å². The fourth-order valence-electron chi connectivity index (χ4n) is 3.49. The Morgan fingerprint density at radius 3 is 2.79 bits per heavy atom. The van der Waals surface area contributed by atoms with E-state index >= 15 is 0 Å². The number of thiazole rings is 1. The first-order chi connectivity index (χ1) is 15.6. The molecule has 0 fully saturated rings. The number of rotatable bonds is 9. The van der Waals surface area contributed by atoms with Crippen molar-refractivity contribution in [2.45, 2.75) is 39.7 Å². The van der Waals surface area contributed by atoms with Crippen LogP contribution in [-0.4, -0.2) is 38.3 Å². The number of nitriles is 1. The topological polar surface area (TPSA) is 133 Å². The molecule has 0 aliphatic heterocycles. The van der Waals surface area contributed by atoms with Crippen LogP contribution in [0.4, 0.5) is 15.9 Å². The molecule has 0 radical (unpaired) electrons. The number of benzene rings is 1. The Bertz CT molecular complexity index is 1170. The lowest BCUT2D eigenvalue weighted by molar-refractivity contribution is 0.169. The van der Waals surface area contributed by atoms with Crippen molar-refractivity contribution in [2.75, 3.05) is 11.9 Å². The van der Waals surface area contributed by atoms with Gasteiger partial charge in [0.2, 0.25) is 5.95 Å². The van der Waals surface area contributed by atoms with E-state index in [1.165, 1.54) is 11.3 Å². The Labute approximate surface area is 196 Å². The van der Waals surface area contributed by atoms with E-state index in [-0.39, 0.29) is 5.92 Å². The third-order valence-electron chi connectivity index (χ3n) is 4.72. The number of nitrogens with zero attached hydrogens (tertiary/aromatic N) is 4. The maximum absolute atomic E-state index is 10.9. The second-order valence-electron chi connectivity index (χ2n) is 8.44. The van der Waals surface area contributed by atoms with Gasteiger partial charge in [-0.15, -0.1) is 11.3 Å². The van der Waals surface area contributed by atoms with Crippen LogP contribution in [0.15, 0.2) is 35.8 Å². The summed E-state index contributed by atoms with van der Waals surface area (Å²) < 4.78 is 5.89. The van der Waals surface area contributed by atoms with Gasteiger partial charge in [-0.05, 0) is 57.4 Å². The zero-order valence-corrected chi connectivity index (χ0v) is 19.7. The molecule has 3 aromatic rings. The SMILES string of the molecule is Cc1csc(Nc2nccc(-c3ccc(OC[C@@H](C)CC(C)(C)NC(=O)O)c(C#N)c3)n2)n1. The molecule has 1 aromatic carbocycles. The molecule has 1 amide bonds. The minimum Gasteiger partial charge on any atom is -0.492 e. The van der Waals surface area contributed by atoms with E-state index < -0.39 is 11.6 Å². The molecular formula is C23H26N6O3S. The van der Waals surface area contributed by atoms with Crippen LogP contribution < -0.4 is 15.4 Å². The first-order valence-corrected chi connectivity index (χ1v) is 11.2. The van der Waals surface area contributed by atoms with Gasteiger partial charge in [-0.3, -0.25) is 0 Å². The molecule has 0 unspecified atom stereocenters. The zero-order valence-electron chi connectivity index (χ0n) is 18.9. The van der Waals surface area contributed by atoms with Gasteiger partial charge in [0.05, 0.1) is 23.6 Å². The van der Waals surface area contributed by atoms with Crippen LogP contribution in [0.2, 0.25) is 0 Å². The van der Waals surface area contributed by atoms with E-state index in [1.54, 1.807) is 24.4 Å². The van der Waals surface area contributed by atoms with Gasteiger partial charge in [-0.25, -0.2) is 19.7 Å². The molecule has 33 heavy (non-hydrogen) atoms. The van der Waals surface area contributed by atoms with Crippen molar-refractivity contribution >= 4 is 28.5 Å². The summed E-state index contributed by atoms with van der Waals surface area (Å²) in [6.07, 6.45) is 1.19. The summed E-state index contributed by atoms with van der Waals surface area (Å²) >= 11 is 1.47. The molecule has 0 aliphatic carbocycles. The van der Waals surface area contributed by atoms with Gasteiger partial charge in [0.1, 0.15) is 11.8 Å². The molecule has 0 aliphatic rings. The number of nitrogens with one attached hydrogen (secondary N) is 2. The fraction of sp³-hybridized carbons (Fsp3) is 0.348. The lowest BCUT2D eigenvalue weighted by Crippen LogP contribution is -2.44. The maximum atomic E-state index is 10.9. The Morgan fingerprint density at radius 1 is 1.33 bits per heavy atom. The molecule has 2 aromatic heterocycles. The Balaban J connectivity index is 1.69. The number of amides is 1. The van der Waals surface area contributed by atoms with E-state index in [1.807, 2.05) is 39.1 Å². The predicted molar refractivity (Wildman–Crippen MR) is 127 cm³/mol. The summed E-state index contributed by atoms with van der Waals surface area (Å²) in [5.41, 5.74) is 2.17. The lowest BCUT2D eigenvalue weighted by atomic mass is 9.92. The molecule has 3 N–H and O–H groups in total. The monoisotopic (exact) mass is 466 g/mol. The van der Waals surface area contributed by atoms with Crippen LogP contribution in [0.3, 0.4) is 0 Å². The van der Waals surface area contributed by atoms with Crippen molar-refractivity contribution in [1.82, 2.24) is 20.3 Å². The van der Waals surface area contributed by atoms with Gasteiger partial charge < -0.3 is 20.5 Å².